The number of aryl methyl sites for hydroxylation is 1. The van der Waals surface area contributed by atoms with E-state index in [1.165, 1.54) is 24.0 Å². The van der Waals surface area contributed by atoms with Crippen LogP contribution in [0.15, 0.2) is 48.5 Å². The number of benzene rings is 2. The summed E-state index contributed by atoms with van der Waals surface area (Å²) in [4.78, 5) is 14.1. The van der Waals surface area contributed by atoms with Crippen LogP contribution in [0.25, 0.3) is 0 Å². The fourth-order valence-corrected chi connectivity index (χ4v) is 2.89. The van der Waals surface area contributed by atoms with Crippen molar-refractivity contribution in [1.29, 1.82) is 0 Å². The molecular weight excluding hydrogens is 312 g/mol. The van der Waals surface area contributed by atoms with E-state index in [-0.39, 0.29) is 5.91 Å². The van der Waals surface area contributed by atoms with E-state index in [1.807, 2.05) is 36.4 Å². The number of hydrogen-bond acceptors (Lipinski definition) is 3. The Morgan fingerprint density at radius 2 is 1.80 bits per heavy atom. The van der Waals surface area contributed by atoms with Gasteiger partial charge in [0.1, 0.15) is 12.4 Å². The minimum absolute atomic E-state index is 0.0444. The zero-order valence-electron chi connectivity index (χ0n) is 15.0. The van der Waals surface area contributed by atoms with Gasteiger partial charge in [-0.05, 0) is 49.6 Å². The van der Waals surface area contributed by atoms with Crippen LogP contribution in [0.2, 0.25) is 0 Å². The van der Waals surface area contributed by atoms with Gasteiger partial charge in [-0.25, -0.2) is 0 Å². The molecule has 0 atom stereocenters. The molecule has 0 aliphatic heterocycles. The third-order valence-corrected chi connectivity index (χ3v) is 4.56. The molecule has 4 heteroatoms. The van der Waals surface area contributed by atoms with Crippen LogP contribution in [0.3, 0.4) is 0 Å². The summed E-state index contributed by atoms with van der Waals surface area (Å²) in [5, 5.41) is 2.65. The molecule has 25 heavy (non-hydrogen) atoms. The van der Waals surface area contributed by atoms with Gasteiger partial charge in [0, 0.05) is 31.7 Å². The lowest BCUT2D eigenvalue weighted by atomic mass is 10.1. The van der Waals surface area contributed by atoms with Crippen molar-refractivity contribution in [2.24, 2.45) is 0 Å². The van der Waals surface area contributed by atoms with E-state index in [9.17, 15) is 4.79 Å². The molecule has 2 aromatic rings. The van der Waals surface area contributed by atoms with Crippen molar-refractivity contribution < 1.29 is 9.53 Å². The highest BCUT2D eigenvalue weighted by atomic mass is 16.5. The average Bonchev–Trinajstić information content (AvgIpc) is 3.47. The summed E-state index contributed by atoms with van der Waals surface area (Å²) in [7, 11) is 1.65. The Bertz CT molecular complexity index is 691. The first-order valence-corrected chi connectivity index (χ1v) is 8.90. The first-order valence-electron chi connectivity index (χ1n) is 8.90. The van der Waals surface area contributed by atoms with Crippen molar-refractivity contribution in [3.8, 4) is 5.75 Å². The van der Waals surface area contributed by atoms with Crippen LogP contribution in [-0.2, 0) is 6.54 Å². The Morgan fingerprint density at radius 3 is 2.40 bits per heavy atom. The number of carbonyl (C=O) groups is 1. The third-order valence-electron chi connectivity index (χ3n) is 4.56. The fourth-order valence-electron chi connectivity index (χ4n) is 2.89. The molecule has 1 aliphatic carbocycles. The molecule has 0 aromatic heterocycles. The van der Waals surface area contributed by atoms with E-state index in [0.29, 0.717) is 18.2 Å². The lowest BCUT2D eigenvalue weighted by Gasteiger charge is -2.22. The van der Waals surface area contributed by atoms with E-state index in [2.05, 4.69) is 29.3 Å². The molecule has 0 heterocycles. The monoisotopic (exact) mass is 338 g/mol. The van der Waals surface area contributed by atoms with Crippen molar-refractivity contribution in [2.45, 2.75) is 32.4 Å². The predicted octanol–water partition coefficient (Wildman–Crippen LogP) is 3.40. The zero-order valence-corrected chi connectivity index (χ0v) is 15.0. The topological polar surface area (TPSA) is 41.6 Å². The summed E-state index contributed by atoms with van der Waals surface area (Å²) in [5.74, 6) is 0.883. The van der Waals surface area contributed by atoms with Crippen LogP contribution >= 0.6 is 0 Å². The van der Waals surface area contributed by atoms with Crippen LogP contribution in [0.1, 0.15) is 34.3 Å². The van der Waals surface area contributed by atoms with Crippen molar-refractivity contribution >= 4 is 5.91 Å². The van der Waals surface area contributed by atoms with Crippen molar-refractivity contribution in [3.63, 3.8) is 0 Å². The Kier molecular flexibility index (Phi) is 5.71. The van der Waals surface area contributed by atoms with E-state index in [4.69, 9.17) is 4.74 Å². The first kappa shape index (κ1) is 17.5. The van der Waals surface area contributed by atoms with Gasteiger partial charge in [0.15, 0.2) is 0 Å². The highest BCUT2D eigenvalue weighted by Gasteiger charge is 2.28. The van der Waals surface area contributed by atoms with Crippen molar-refractivity contribution in [3.05, 3.63) is 65.2 Å². The highest BCUT2D eigenvalue weighted by molar-refractivity contribution is 5.93. The molecule has 1 fully saturated rings. The maximum atomic E-state index is 11.6. The highest BCUT2D eigenvalue weighted by Crippen LogP contribution is 2.28. The molecule has 1 N–H and O–H groups in total. The second-order valence-corrected chi connectivity index (χ2v) is 6.64. The largest absolute Gasteiger partial charge is 0.492 e. The normalized spacial score (nSPS) is 13.7. The minimum Gasteiger partial charge on any atom is -0.492 e. The van der Waals surface area contributed by atoms with Crippen molar-refractivity contribution in [2.75, 3.05) is 20.2 Å². The van der Waals surface area contributed by atoms with E-state index in [0.717, 1.165) is 18.8 Å². The summed E-state index contributed by atoms with van der Waals surface area (Å²) in [6.07, 6.45) is 2.53. The maximum absolute atomic E-state index is 11.6. The Morgan fingerprint density at radius 1 is 1.12 bits per heavy atom. The Hall–Kier alpha value is -2.33. The Balaban J connectivity index is 1.53. The lowest BCUT2D eigenvalue weighted by Crippen LogP contribution is -2.30. The van der Waals surface area contributed by atoms with Gasteiger partial charge < -0.3 is 10.1 Å². The van der Waals surface area contributed by atoms with Gasteiger partial charge in [0.2, 0.25) is 0 Å². The van der Waals surface area contributed by atoms with Gasteiger partial charge in [-0.3, -0.25) is 9.69 Å². The molecule has 132 valence electrons. The summed E-state index contributed by atoms with van der Waals surface area (Å²) in [5.41, 5.74) is 3.17. The molecule has 4 nitrogen and oxygen atoms in total. The van der Waals surface area contributed by atoms with E-state index < -0.39 is 0 Å². The molecular formula is C21H26N2O2. The molecule has 3 rings (SSSR count). The first-order chi connectivity index (χ1) is 12.2. The summed E-state index contributed by atoms with van der Waals surface area (Å²) >= 11 is 0. The molecule has 0 radical (unpaired) electrons. The molecule has 1 aliphatic rings. The van der Waals surface area contributed by atoms with Crippen LogP contribution in [-0.4, -0.2) is 37.0 Å². The third kappa shape index (κ3) is 5.07. The van der Waals surface area contributed by atoms with E-state index in [1.54, 1.807) is 7.05 Å². The van der Waals surface area contributed by atoms with Crippen LogP contribution in [0.5, 0.6) is 5.75 Å². The second-order valence-electron chi connectivity index (χ2n) is 6.64. The molecule has 0 bridgehead atoms. The standard InChI is InChI=1S/C21H26N2O2/c1-16-3-11-20(12-4-16)25-14-13-23(19-9-10-19)15-17-5-7-18(8-6-17)21(24)22-2/h3-8,11-12,19H,9-10,13-15H2,1-2H3,(H,22,24). The maximum Gasteiger partial charge on any atom is 0.251 e. The molecule has 2 aromatic carbocycles. The summed E-state index contributed by atoms with van der Waals surface area (Å²) < 4.78 is 5.88. The lowest BCUT2D eigenvalue weighted by molar-refractivity contribution is 0.0963. The van der Waals surface area contributed by atoms with Crippen LogP contribution < -0.4 is 10.1 Å². The van der Waals surface area contributed by atoms with E-state index >= 15 is 0 Å². The predicted molar refractivity (Wildman–Crippen MR) is 99.9 cm³/mol. The fraction of sp³-hybridized carbons (Fsp3) is 0.381. The quantitative estimate of drug-likeness (QED) is 0.802. The molecule has 0 spiro atoms. The van der Waals surface area contributed by atoms with Gasteiger partial charge in [-0.2, -0.15) is 0 Å². The number of rotatable bonds is 8. The smallest absolute Gasteiger partial charge is 0.251 e. The minimum atomic E-state index is -0.0444. The van der Waals surface area contributed by atoms with Gasteiger partial charge in [-0.1, -0.05) is 29.8 Å². The van der Waals surface area contributed by atoms with Gasteiger partial charge in [-0.15, -0.1) is 0 Å². The second kappa shape index (κ2) is 8.17. The number of carbonyl (C=O) groups excluding carboxylic acids is 1. The molecule has 0 unspecified atom stereocenters. The molecule has 1 saturated carbocycles. The van der Waals surface area contributed by atoms with Gasteiger partial charge in [0.25, 0.3) is 5.91 Å². The van der Waals surface area contributed by atoms with Gasteiger partial charge >= 0.3 is 0 Å². The zero-order chi connectivity index (χ0) is 17.6. The summed E-state index contributed by atoms with van der Waals surface area (Å²) in [6.45, 7) is 4.58. The van der Waals surface area contributed by atoms with Crippen LogP contribution in [0.4, 0.5) is 0 Å². The Labute approximate surface area is 149 Å². The summed E-state index contributed by atoms with van der Waals surface area (Å²) in [6, 6.07) is 16.7. The molecule has 1 amide bonds. The van der Waals surface area contributed by atoms with Gasteiger partial charge in [0.05, 0.1) is 0 Å². The molecule has 0 saturated heterocycles. The number of nitrogens with one attached hydrogen (secondary N) is 1. The number of nitrogens with zero attached hydrogens (tertiary/aromatic N) is 1. The van der Waals surface area contributed by atoms with Crippen molar-refractivity contribution in [1.82, 2.24) is 10.2 Å². The number of hydrogen-bond donors (Lipinski definition) is 1. The number of amides is 1. The SMILES string of the molecule is CNC(=O)c1ccc(CN(CCOc2ccc(C)cc2)C2CC2)cc1. The average molecular weight is 338 g/mol. The number of ether oxygens (including phenoxy) is 1. The van der Waals surface area contributed by atoms with Crippen LogP contribution in [0, 0.1) is 6.92 Å².